The highest BCUT2D eigenvalue weighted by Gasteiger charge is 2.15. The van der Waals surface area contributed by atoms with Crippen molar-refractivity contribution < 1.29 is 9.84 Å². The molecule has 1 fully saturated rings. The largest absolute Gasteiger partial charge is 0.491 e. The van der Waals surface area contributed by atoms with Gasteiger partial charge in [0.15, 0.2) is 0 Å². The number of ether oxygens (including phenoxy) is 1. The Hall–Kier alpha value is -1.95. The number of likely N-dealkylation sites (tertiary alicyclic amines) is 1. The molecular formula is C23H33N3O2. The van der Waals surface area contributed by atoms with Gasteiger partial charge in [0.25, 0.3) is 0 Å². The van der Waals surface area contributed by atoms with E-state index in [0.717, 1.165) is 49.7 Å². The van der Waals surface area contributed by atoms with Crippen molar-refractivity contribution in [3.05, 3.63) is 59.4 Å². The summed E-state index contributed by atoms with van der Waals surface area (Å²) < 4.78 is 5.75. The number of nitrogens with one attached hydrogen (secondary N) is 1. The molecule has 5 nitrogen and oxygen atoms in total. The smallest absolute Gasteiger partial charge is 0.119 e. The predicted molar refractivity (Wildman–Crippen MR) is 113 cm³/mol. The molecule has 0 spiro atoms. The van der Waals surface area contributed by atoms with Crippen molar-refractivity contribution in [2.45, 2.75) is 45.3 Å². The van der Waals surface area contributed by atoms with E-state index in [1.807, 2.05) is 25.1 Å². The van der Waals surface area contributed by atoms with Crippen LogP contribution in [0.5, 0.6) is 5.75 Å². The minimum atomic E-state index is -0.435. The number of aliphatic hydroxyl groups is 1. The van der Waals surface area contributed by atoms with Gasteiger partial charge in [-0.05, 0) is 62.7 Å². The molecule has 1 atom stereocenters. The molecule has 1 saturated heterocycles. The Balaban J connectivity index is 1.32. The fourth-order valence-corrected chi connectivity index (χ4v) is 3.58. The molecule has 28 heavy (non-hydrogen) atoms. The lowest BCUT2D eigenvalue weighted by atomic mass is 10.1. The summed E-state index contributed by atoms with van der Waals surface area (Å²) in [5.41, 5.74) is 3.41. The zero-order chi connectivity index (χ0) is 19.6. The van der Waals surface area contributed by atoms with Crippen LogP contribution in [0.4, 0.5) is 0 Å². The monoisotopic (exact) mass is 383 g/mol. The first-order valence-corrected chi connectivity index (χ1v) is 10.4. The zero-order valence-corrected chi connectivity index (χ0v) is 16.9. The van der Waals surface area contributed by atoms with Crippen LogP contribution in [-0.4, -0.2) is 53.9 Å². The van der Waals surface area contributed by atoms with Crippen molar-refractivity contribution in [1.82, 2.24) is 15.2 Å². The molecular weight excluding hydrogens is 350 g/mol. The van der Waals surface area contributed by atoms with Crippen LogP contribution in [-0.2, 0) is 13.0 Å². The van der Waals surface area contributed by atoms with Gasteiger partial charge in [0, 0.05) is 37.4 Å². The van der Waals surface area contributed by atoms with E-state index in [2.05, 4.69) is 39.5 Å². The number of benzene rings is 1. The van der Waals surface area contributed by atoms with E-state index in [-0.39, 0.29) is 0 Å². The summed E-state index contributed by atoms with van der Waals surface area (Å²) in [5.74, 6) is 0.811. The van der Waals surface area contributed by atoms with Gasteiger partial charge in [-0.25, -0.2) is 0 Å². The number of hydrogen-bond acceptors (Lipinski definition) is 5. The number of rotatable bonds is 10. The molecule has 1 aliphatic heterocycles. The summed E-state index contributed by atoms with van der Waals surface area (Å²) >= 11 is 0. The van der Waals surface area contributed by atoms with Gasteiger partial charge in [-0.3, -0.25) is 4.98 Å². The highest BCUT2D eigenvalue weighted by molar-refractivity contribution is 5.27. The van der Waals surface area contributed by atoms with Crippen LogP contribution in [0.1, 0.15) is 36.2 Å². The molecule has 152 valence electrons. The molecule has 0 radical (unpaired) electrons. The molecule has 1 unspecified atom stereocenters. The number of aryl methyl sites for hydroxylation is 1. The van der Waals surface area contributed by atoms with E-state index in [0.29, 0.717) is 13.2 Å². The number of pyridine rings is 1. The average Bonchev–Trinajstić information content (AvgIpc) is 2.71. The minimum Gasteiger partial charge on any atom is -0.491 e. The number of nitrogens with zero attached hydrogens (tertiary/aromatic N) is 2. The summed E-state index contributed by atoms with van der Waals surface area (Å²) in [6.45, 7) is 6.99. The van der Waals surface area contributed by atoms with Gasteiger partial charge < -0.3 is 20.1 Å². The highest BCUT2D eigenvalue weighted by Crippen LogP contribution is 2.13. The first-order valence-electron chi connectivity index (χ1n) is 10.4. The van der Waals surface area contributed by atoms with Crippen molar-refractivity contribution in [2.75, 3.05) is 32.8 Å². The van der Waals surface area contributed by atoms with E-state index in [4.69, 9.17) is 4.74 Å². The van der Waals surface area contributed by atoms with E-state index >= 15 is 0 Å². The number of β-amino-alcohol motifs (C(OH)–C–C–N with tert-alkyl or cyclic N) is 1. The highest BCUT2D eigenvalue weighted by atomic mass is 16.5. The second-order valence-corrected chi connectivity index (χ2v) is 7.67. The fraction of sp³-hybridized carbons (Fsp3) is 0.522. The summed E-state index contributed by atoms with van der Waals surface area (Å²) in [6.07, 6.45) is 4.29. The maximum absolute atomic E-state index is 10.2. The molecule has 2 aromatic rings. The van der Waals surface area contributed by atoms with Crippen molar-refractivity contribution in [1.29, 1.82) is 0 Å². The van der Waals surface area contributed by atoms with Crippen LogP contribution >= 0.6 is 0 Å². The van der Waals surface area contributed by atoms with E-state index in [1.54, 1.807) is 0 Å². The summed E-state index contributed by atoms with van der Waals surface area (Å²) in [4.78, 5) is 6.85. The van der Waals surface area contributed by atoms with Gasteiger partial charge in [0.2, 0.25) is 0 Å². The lowest BCUT2D eigenvalue weighted by molar-refractivity contribution is 0.0617. The molecule has 2 heterocycles. The summed E-state index contributed by atoms with van der Waals surface area (Å²) in [5, 5.41) is 13.6. The third kappa shape index (κ3) is 7.23. The normalized spacial score (nSPS) is 16.1. The van der Waals surface area contributed by atoms with Crippen LogP contribution in [0.3, 0.4) is 0 Å². The van der Waals surface area contributed by atoms with Gasteiger partial charge in [-0.15, -0.1) is 0 Å². The average molecular weight is 384 g/mol. The lowest BCUT2D eigenvalue weighted by Gasteiger charge is -2.28. The summed E-state index contributed by atoms with van der Waals surface area (Å²) in [7, 11) is 0. The van der Waals surface area contributed by atoms with E-state index in [1.165, 1.54) is 24.8 Å². The Morgan fingerprint density at radius 1 is 1.11 bits per heavy atom. The van der Waals surface area contributed by atoms with Gasteiger partial charge in [-0.2, -0.15) is 0 Å². The molecule has 5 heteroatoms. The quantitative estimate of drug-likeness (QED) is 0.618. The molecule has 3 rings (SSSR count). The molecule has 1 aromatic carbocycles. The Kier molecular flexibility index (Phi) is 8.27. The molecule has 0 aliphatic carbocycles. The van der Waals surface area contributed by atoms with Gasteiger partial charge in [-0.1, -0.05) is 24.6 Å². The van der Waals surface area contributed by atoms with Crippen molar-refractivity contribution in [3.8, 4) is 5.75 Å². The fourth-order valence-electron chi connectivity index (χ4n) is 3.58. The van der Waals surface area contributed by atoms with Crippen LogP contribution in [0, 0.1) is 6.92 Å². The number of piperidine rings is 1. The number of hydrogen-bond donors (Lipinski definition) is 2. The van der Waals surface area contributed by atoms with E-state index in [9.17, 15) is 5.11 Å². The maximum atomic E-state index is 10.2. The van der Waals surface area contributed by atoms with Crippen LogP contribution in [0.25, 0.3) is 0 Å². The van der Waals surface area contributed by atoms with Crippen LogP contribution < -0.4 is 10.1 Å². The third-order valence-corrected chi connectivity index (χ3v) is 5.12. The van der Waals surface area contributed by atoms with E-state index < -0.39 is 6.10 Å². The van der Waals surface area contributed by atoms with Gasteiger partial charge in [0.1, 0.15) is 18.5 Å². The topological polar surface area (TPSA) is 57.6 Å². The lowest BCUT2D eigenvalue weighted by Crippen LogP contribution is -2.38. The minimum absolute atomic E-state index is 0.345. The molecule has 1 aliphatic rings. The Morgan fingerprint density at radius 3 is 2.64 bits per heavy atom. The summed E-state index contributed by atoms with van der Waals surface area (Å²) in [6, 6.07) is 14.3. The molecule has 0 bridgehead atoms. The van der Waals surface area contributed by atoms with Crippen LogP contribution in [0.2, 0.25) is 0 Å². The molecule has 0 saturated carbocycles. The van der Waals surface area contributed by atoms with Crippen molar-refractivity contribution >= 4 is 0 Å². The standard InChI is InChI=1S/C23H33N3O2/c1-19-6-5-7-21(25-19)12-13-24-16-20-8-10-23(11-9-20)28-18-22(27)17-26-14-3-2-4-15-26/h5-11,22,24,27H,2-4,12-18H2,1H3. The first kappa shape index (κ1) is 20.8. The SMILES string of the molecule is Cc1cccc(CCNCc2ccc(OCC(O)CN3CCCCC3)cc2)n1. The Bertz CT molecular complexity index is 699. The second kappa shape index (κ2) is 11.1. The maximum Gasteiger partial charge on any atom is 0.119 e. The molecule has 0 amide bonds. The van der Waals surface area contributed by atoms with Gasteiger partial charge in [0.05, 0.1) is 0 Å². The van der Waals surface area contributed by atoms with Crippen molar-refractivity contribution in [3.63, 3.8) is 0 Å². The first-order chi connectivity index (χ1) is 13.7. The van der Waals surface area contributed by atoms with Crippen LogP contribution in [0.15, 0.2) is 42.5 Å². The third-order valence-electron chi connectivity index (χ3n) is 5.12. The zero-order valence-electron chi connectivity index (χ0n) is 16.9. The van der Waals surface area contributed by atoms with Crippen molar-refractivity contribution in [2.24, 2.45) is 0 Å². The molecule has 1 aromatic heterocycles. The molecule has 2 N–H and O–H groups in total. The second-order valence-electron chi connectivity index (χ2n) is 7.67. The number of aliphatic hydroxyl groups excluding tert-OH is 1. The predicted octanol–water partition coefficient (Wildman–Crippen LogP) is 2.95. The Labute approximate surface area is 168 Å². The number of aromatic nitrogens is 1. The van der Waals surface area contributed by atoms with Gasteiger partial charge >= 0.3 is 0 Å². The Morgan fingerprint density at radius 2 is 1.89 bits per heavy atom.